The fraction of sp³-hybridized carbons (Fsp3) is 0.133. The van der Waals surface area contributed by atoms with Crippen molar-refractivity contribution in [3.63, 3.8) is 0 Å². The van der Waals surface area contributed by atoms with Gasteiger partial charge in [-0.1, -0.05) is 23.2 Å². The monoisotopic (exact) mass is 398 g/mol. The first-order chi connectivity index (χ1) is 12.3. The van der Waals surface area contributed by atoms with Gasteiger partial charge in [-0.3, -0.25) is 15.8 Å². The van der Waals surface area contributed by atoms with Crippen LogP contribution in [0.3, 0.4) is 0 Å². The van der Waals surface area contributed by atoms with Gasteiger partial charge in [0.25, 0.3) is 5.90 Å². The highest BCUT2D eigenvalue weighted by atomic mass is 35.5. The van der Waals surface area contributed by atoms with Gasteiger partial charge in [0.1, 0.15) is 17.6 Å². The van der Waals surface area contributed by atoms with Gasteiger partial charge in [0.05, 0.1) is 21.3 Å². The Morgan fingerprint density at radius 3 is 2.23 bits per heavy atom. The minimum Gasteiger partial charge on any atom is -0.419 e. The van der Waals surface area contributed by atoms with Crippen molar-refractivity contribution in [1.29, 1.82) is 10.8 Å². The second-order valence-corrected chi connectivity index (χ2v) is 5.93. The van der Waals surface area contributed by atoms with E-state index in [4.69, 9.17) is 34.0 Å². The number of nitrogens with one attached hydrogen (secondary N) is 2. The largest absolute Gasteiger partial charge is 0.419 e. The van der Waals surface area contributed by atoms with E-state index in [9.17, 15) is 8.78 Å². The molecule has 0 amide bonds. The van der Waals surface area contributed by atoms with Crippen LogP contribution in [0.15, 0.2) is 30.5 Å². The molecule has 3 rings (SSSR count). The van der Waals surface area contributed by atoms with E-state index in [2.05, 4.69) is 19.9 Å². The van der Waals surface area contributed by atoms with Crippen LogP contribution < -0.4 is 0 Å². The molecule has 3 aromatic rings. The van der Waals surface area contributed by atoms with E-state index in [-0.39, 0.29) is 12.1 Å². The molecule has 0 bridgehead atoms. The van der Waals surface area contributed by atoms with E-state index >= 15 is 0 Å². The maximum Gasteiger partial charge on any atom is 0.312 e. The zero-order valence-corrected chi connectivity index (χ0v) is 14.4. The first-order valence-electron chi connectivity index (χ1n) is 7.11. The lowest BCUT2D eigenvalue weighted by atomic mass is 10.2. The van der Waals surface area contributed by atoms with Crippen molar-refractivity contribution in [3.05, 3.63) is 51.8 Å². The summed E-state index contributed by atoms with van der Waals surface area (Å²) < 4.78 is 28.9. The highest BCUT2D eigenvalue weighted by Crippen LogP contribution is 2.25. The Labute approximate surface area is 155 Å². The highest BCUT2D eigenvalue weighted by Gasteiger charge is 2.16. The van der Waals surface area contributed by atoms with Gasteiger partial charge in [0, 0.05) is 6.20 Å². The van der Waals surface area contributed by atoms with Crippen LogP contribution >= 0.6 is 23.2 Å². The van der Waals surface area contributed by atoms with Crippen LogP contribution in [0.25, 0.3) is 11.0 Å². The topological polar surface area (TPSA) is 101 Å². The van der Waals surface area contributed by atoms with Gasteiger partial charge in [-0.2, -0.15) is 23.8 Å². The van der Waals surface area contributed by atoms with Gasteiger partial charge in [-0.15, -0.1) is 0 Å². The summed E-state index contributed by atoms with van der Waals surface area (Å²) in [6.07, 6.45) is -1.79. The fourth-order valence-electron chi connectivity index (χ4n) is 2.04. The van der Waals surface area contributed by atoms with Crippen molar-refractivity contribution in [2.75, 3.05) is 0 Å². The molecule has 26 heavy (non-hydrogen) atoms. The number of hydrogen-bond donors (Lipinski definition) is 2. The van der Waals surface area contributed by atoms with Crippen molar-refractivity contribution < 1.29 is 13.5 Å². The van der Waals surface area contributed by atoms with Crippen LogP contribution in [-0.2, 0) is 11.3 Å². The van der Waals surface area contributed by atoms with Gasteiger partial charge < -0.3 is 4.74 Å². The predicted octanol–water partition coefficient (Wildman–Crippen LogP) is 3.77. The third-order valence-electron chi connectivity index (χ3n) is 3.26. The van der Waals surface area contributed by atoms with E-state index in [1.165, 1.54) is 17.1 Å². The molecule has 7 nitrogen and oxygen atoms in total. The first-order valence-corrected chi connectivity index (χ1v) is 7.87. The molecule has 2 aromatic heterocycles. The molecule has 1 aromatic carbocycles. The summed E-state index contributed by atoms with van der Waals surface area (Å²) in [5.41, 5.74) is 1.90. The van der Waals surface area contributed by atoms with Gasteiger partial charge >= 0.3 is 6.43 Å². The molecule has 0 atom stereocenters. The standard InChI is InChI=1S/C15H10Cl2F2N6O/c16-9-3-11-12(4-10(9)17)24-25(23-11)6-8-2-1-7(5-22-8)14(20)26-15(21)13(18)19/h1-5,13,20-21H,6H2. The molecular weight excluding hydrogens is 389 g/mol. The number of hydrogen-bond acceptors (Lipinski definition) is 6. The van der Waals surface area contributed by atoms with E-state index in [0.717, 1.165) is 0 Å². The average Bonchev–Trinajstić information content (AvgIpc) is 2.96. The Balaban J connectivity index is 1.73. The van der Waals surface area contributed by atoms with E-state index in [1.807, 2.05) is 0 Å². The summed E-state index contributed by atoms with van der Waals surface area (Å²) in [4.78, 5) is 5.53. The molecule has 0 aliphatic heterocycles. The lowest BCUT2D eigenvalue weighted by molar-refractivity contribution is 0.197. The average molecular weight is 399 g/mol. The van der Waals surface area contributed by atoms with Crippen LogP contribution in [0.4, 0.5) is 8.78 Å². The van der Waals surface area contributed by atoms with Crippen LogP contribution in [0.1, 0.15) is 11.3 Å². The Hall–Kier alpha value is -2.65. The maximum absolute atomic E-state index is 12.3. The number of nitrogens with zero attached hydrogens (tertiary/aromatic N) is 4. The minimum atomic E-state index is -3.08. The molecule has 0 spiro atoms. The molecule has 0 unspecified atom stereocenters. The molecule has 11 heteroatoms. The normalized spacial score (nSPS) is 11.1. The van der Waals surface area contributed by atoms with E-state index in [0.29, 0.717) is 26.8 Å². The Morgan fingerprint density at radius 2 is 1.73 bits per heavy atom. The Kier molecular flexibility index (Phi) is 5.10. The lowest BCUT2D eigenvalue weighted by Gasteiger charge is -2.07. The number of rotatable bonds is 4. The number of pyridine rings is 1. The SMILES string of the molecule is N=C(OC(=N)C(F)F)c1ccc(Cn2nc3cc(Cl)c(Cl)cc3n2)nc1. The highest BCUT2D eigenvalue weighted by molar-refractivity contribution is 6.42. The van der Waals surface area contributed by atoms with Crippen molar-refractivity contribution in [2.45, 2.75) is 13.0 Å². The van der Waals surface area contributed by atoms with Crippen molar-refractivity contribution in [1.82, 2.24) is 20.0 Å². The zero-order chi connectivity index (χ0) is 18.8. The number of halogens is 4. The third kappa shape index (κ3) is 3.94. The van der Waals surface area contributed by atoms with Crippen molar-refractivity contribution in [2.24, 2.45) is 0 Å². The van der Waals surface area contributed by atoms with Crippen LogP contribution in [0.5, 0.6) is 0 Å². The van der Waals surface area contributed by atoms with Crippen molar-refractivity contribution >= 4 is 46.0 Å². The zero-order valence-electron chi connectivity index (χ0n) is 12.9. The van der Waals surface area contributed by atoms with Gasteiger partial charge in [0.2, 0.25) is 5.90 Å². The summed E-state index contributed by atoms with van der Waals surface area (Å²) in [5.74, 6) is -1.87. The van der Waals surface area contributed by atoms with E-state index in [1.54, 1.807) is 18.2 Å². The maximum atomic E-state index is 12.3. The molecule has 0 saturated heterocycles. The second kappa shape index (κ2) is 7.30. The molecule has 134 valence electrons. The summed E-state index contributed by atoms with van der Waals surface area (Å²) in [5, 5.41) is 23.8. The Bertz CT molecular complexity index is 951. The first kappa shape index (κ1) is 18.2. The molecule has 0 aliphatic carbocycles. The van der Waals surface area contributed by atoms with Gasteiger partial charge in [-0.25, -0.2) is 0 Å². The number of fused-ring (bicyclic) bond motifs is 1. The smallest absolute Gasteiger partial charge is 0.312 e. The fourth-order valence-corrected chi connectivity index (χ4v) is 2.35. The molecule has 0 fully saturated rings. The van der Waals surface area contributed by atoms with Gasteiger partial charge in [0.15, 0.2) is 0 Å². The number of aromatic nitrogens is 4. The van der Waals surface area contributed by atoms with Crippen LogP contribution in [-0.4, -0.2) is 38.2 Å². The summed E-state index contributed by atoms with van der Waals surface area (Å²) >= 11 is 11.9. The summed E-state index contributed by atoms with van der Waals surface area (Å²) in [6, 6.07) is 6.26. The number of ether oxygens (including phenoxy) is 1. The van der Waals surface area contributed by atoms with E-state index < -0.39 is 18.2 Å². The minimum absolute atomic E-state index is 0.163. The lowest BCUT2D eigenvalue weighted by Crippen LogP contribution is -2.18. The summed E-state index contributed by atoms with van der Waals surface area (Å²) in [7, 11) is 0. The van der Waals surface area contributed by atoms with Crippen molar-refractivity contribution in [3.8, 4) is 0 Å². The Morgan fingerprint density at radius 1 is 1.12 bits per heavy atom. The molecule has 2 N–H and O–H groups in total. The number of alkyl halides is 2. The molecule has 0 aliphatic rings. The van der Waals surface area contributed by atoms with Gasteiger partial charge in [-0.05, 0) is 24.3 Å². The predicted molar refractivity (Wildman–Crippen MR) is 92.5 cm³/mol. The molecular formula is C15H10Cl2F2N6O. The molecule has 2 heterocycles. The second-order valence-electron chi connectivity index (χ2n) is 5.12. The molecule has 0 radical (unpaired) electrons. The third-order valence-corrected chi connectivity index (χ3v) is 3.99. The number of benzene rings is 1. The van der Waals surface area contributed by atoms with Crippen LogP contribution in [0.2, 0.25) is 10.0 Å². The quantitative estimate of drug-likeness (QED) is 0.515. The summed E-state index contributed by atoms with van der Waals surface area (Å²) in [6.45, 7) is 0.241. The molecule has 0 saturated carbocycles. The van der Waals surface area contributed by atoms with Crippen LogP contribution in [0, 0.1) is 10.8 Å².